The highest BCUT2D eigenvalue weighted by Crippen LogP contribution is 2.25. The topological polar surface area (TPSA) is 53.0 Å². The number of aliphatic hydroxyl groups excluding tert-OH is 1. The summed E-state index contributed by atoms with van der Waals surface area (Å²) in [5.41, 5.74) is 0. The normalized spacial score (nSPS) is 30.3. The number of ether oxygens (including phenoxy) is 1. The Morgan fingerprint density at radius 3 is 2.76 bits per heavy atom. The Morgan fingerprint density at radius 1 is 1.47 bits per heavy atom. The number of carbonyl (C=O) groups is 1. The standard InChI is InChI=1S/C12H22N2O3/c1-9-5-14(6-11(8-15)17-9)7-12(16)13(2)10-3-4-10/h9-11,15H,3-8H2,1-2H3. The largest absolute Gasteiger partial charge is 0.394 e. The molecule has 5 heteroatoms. The minimum absolute atomic E-state index is 0.0213. The first kappa shape index (κ1) is 12.8. The highest BCUT2D eigenvalue weighted by Gasteiger charge is 2.32. The Bertz CT molecular complexity index is 281. The van der Waals surface area contributed by atoms with Crippen LogP contribution < -0.4 is 0 Å². The molecule has 0 aromatic rings. The lowest BCUT2D eigenvalue weighted by atomic mass is 10.2. The molecule has 1 heterocycles. The zero-order valence-corrected chi connectivity index (χ0v) is 10.6. The van der Waals surface area contributed by atoms with Crippen LogP contribution in [0.4, 0.5) is 0 Å². The third-order valence-electron chi connectivity index (χ3n) is 3.45. The van der Waals surface area contributed by atoms with Gasteiger partial charge in [-0.2, -0.15) is 0 Å². The summed E-state index contributed by atoms with van der Waals surface area (Å²) in [6.07, 6.45) is 2.21. The van der Waals surface area contributed by atoms with Gasteiger partial charge in [-0.25, -0.2) is 0 Å². The fourth-order valence-corrected chi connectivity index (χ4v) is 2.34. The zero-order chi connectivity index (χ0) is 12.4. The maximum absolute atomic E-state index is 12.0. The average Bonchev–Trinajstić information content (AvgIpc) is 3.10. The molecule has 0 spiro atoms. The van der Waals surface area contributed by atoms with E-state index in [9.17, 15) is 4.79 Å². The Hall–Kier alpha value is -0.650. The van der Waals surface area contributed by atoms with Crippen LogP contribution in [-0.2, 0) is 9.53 Å². The number of hydrogen-bond donors (Lipinski definition) is 1. The molecule has 2 unspecified atom stereocenters. The molecule has 17 heavy (non-hydrogen) atoms. The Balaban J connectivity index is 1.82. The molecule has 2 atom stereocenters. The van der Waals surface area contributed by atoms with Gasteiger partial charge in [-0.15, -0.1) is 0 Å². The van der Waals surface area contributed by atoms with Gasteiger partial charge in [0.15, 0.2) is 0 Å². The third-order valence-corrected chi connectivity index (χ3v) is 3.45. The lowest BCUT2D eigenvalue weighted by Gasteiger charge is -2.36. The lowest BCUT2D eigenvalue weighted by Crippen LogP contribution is -2.51. The Labute approximate surface area is 102 Å². The molecule has 1 amide bonds. The summed E-state index contributed by atoms with van der Waals surface area (Å²) in [6.45, 7) is 3.85. The van der Waals surface area contributed by atoms with E-state index in [1.807, 2.05) is 18.9 Å². The Kier molecular flexibility index (Phi) is 4.01. The maximum Gasteiger partial charge on any atom is 0.236 e. The minimum Gasteiger partial charge on any atom is -0.394 e. The van der Waals surface area contributed by atoms with Crippen LogP contribution in [0.15, 0.2) is 0 Å². The molecule has 5 nitrogen and oxygen atoms in total. The van der Waals surface area contributed by atoms with E-state index in [-0.39, 0.29) is 24.7 Å². The van der Waals surface area contributed by atoms with Gasteiger partial charge in [-0.3, -0.25) is 9.69 Å². The molecular formula is C12H22N2O3. The van der Waals surface area contributed by atoms with Crippen LogP contribution in [0, 0.1) is 0 Å². The molecule has 0 aromatic heterocycles. The molecular weight excluding hydrogens is 220 g/mol. The van der Waals surface area contributed by atoms with Crippen molar-refractivity contribution in [2.45, 2.75) is 38.0 Å². The quantitative estimate of drug-likeness (QED) is 0.734. The number of hydrogen-bond acceptors (Lipinski definition) is 4. The Morgan fingerprint density at radius 2 is 2.18 bits per heavy atom. The summed E-state index contributed by atoms with van der Waals surface area (Å²) in [5.74, 6) is 0.179. The van der Waals surface area contributed by atoms with Crippen molar-refractivity contribution < 1.29 is 14.6 Å². The highest BCUT2D eigenvalue weighted by molar-refractivity contribution is 5.78. The summed E-state index contributed by atoms with van der Waals surface area (Å²) in [5, 5.41) is 9.12. The van der Waals surface area contributed by atoms with Crippen LogP contribution in [0.2, 0.25) is 0 Å². The van der Waals surface area contributed by atoms with Crippen LogP contribution >= 0.6 is 0 Å². The van der Waals surface area contributed by atoms with Crippen molar-refractivity contribution in [2.75, 3.05) is 33.3 Å². The highest BCUT2D eigenvalue weighted by atomic mass is 16.5. The molecule has 2 fully saturated rings. The van der Waals surface area contributed by atoms with E-state index < -0.39 is 0 Å². The molecule has 1 saturated carbocycles. The van der Waals surface area contributed by atoms with E-state index in [2.05, 4.69) is 4.90 Å². The van der Waals surface area contributed by atoms with Crippen LogP contribution in [0.5, 0.6) is 0 Å². The van der Waals surface area contributed by atoms with Crippen LogP contribution in [0.25, 0.3) is 0 Å². The van der Waals surface area contributed by atoms with E-state index in [1.165, 1.54) is 0 Å². The van der Waals surface area contributed by atoms with Crippen molar-refractivity contribution in [3.63, 3.8) is 0 Å². The maximum atomic E-state index is 12.0. The summed E-state index contributed by atoms with van der Waals surface area (Å²) >= 11 is 0. The van der Waals surface area contributed by atoms with Crippen molar-refractivity contribution in [2.24, 2.45) is 0 Å². The van der Waals surface area contributed by atoms with E-state index >= 15 is 0 Å². The van der Waals surface area contributed by atoms with Crippen LogP contribution in [0.1, 0.15) is 19.8 Å². The molecule has 2 rings (SSSR count). The first-order valence-corrected chi connectivity index (χ1v) is 6.34. The average molecular weight is 242 g/mol. The van der Waals surface area contributed by atoms with E-state index in [0.29, 0.717) is 19.1 Å². The first-order chi connectivity index (χ1) is 8.10. The number of nitrogens with zero attached hydrogens (tertiary/aromatic N) is 2. The number of morpholine rings is 1. The van der Waals surface area contributed by atoms with Gasteiger partial charge in [-0.05, 0) is 19.8 Å². The van der Waals surface area contributed by atoms with Gasteiger partial charge in [0.05, 0.1) is 25.4 Å². The van der Waals surface area contributed by atoms with Crippen LogP contribution in [0.3, 0.4) is 0 Å². The van der Waals surface area contributed by atoms with Gasteiger partial charge in [0.25, 0.3) is 0 Å². The third kappa shape index (κ3) is 3.40. The second kappa shape index (κ2) is 5.33. The molecule has 1 aliphatic carbocycles. The predicted octanol–water partition coefficient (Wildman–Crippen LogP) is -0.311. The smallest absolute Gasteiger partial charge is 0.236 e. The van der Waals surface area contributed by atoms with E-state index in [1.54, 1.807) is 0 Å². The molecule has 1 aliphatic heterocycles. The van der Waals surface area contributed by atoms with Gasteiger partial charge >= 0.3 is 0 Å². The molecule has 0 aromatic carbocycles. The predicted molar refractivity (Wildman–Crippen MR) is 63.7 cm³/mol. The van der Waals surface area contributed by atoms with E-state index in [0.717, 1.165) is 19.4 Å². The summed E-state index contributed by atoms with van der Waals surface area (Å²) in [4.78, 5) is 15.9. The van der Waals surface area contributed by atoms with Crippen molar-refractivity contribution in [3.8, 4) is 0 Å². The molecule has 1 saturated heterocycles. The molecule has 0 bridgehead atoms. The van der Waals surface area contributed by atoms with Gasteiger partial charge in [-0.1, -0.05) is 0 Å². The number of likely N-dealkylation sites (N-methyl/N-ethyl adjacent to an activating group) is 1. The first-order valence-electron chi connectivity index (χ1n) is 6.34. The molecule has 1 N–H and O–H groups in total. The summed E-state index contributed by atoms with van der Waals surface area (Å²) in [7, 11) is 1.88. The van der Waals surface area contributed by atoms with E-state index in [4.69, 9.17) is 9.84 Å². The van der Waals surface area contributed by atoms with Crippen molar-refractivity contribution in [1.82, 2.24) is 9.80 Å². The number of carbonyl (C=O) groups excluding carboxylic acids is 1. The fraction of sp³-hybridized carbons (Fsp3) is 0.917. The van der Waals surface area contributed by atoms with Crippen LogP contribution in [-0.4, -0.2) is 72.4 Å². The second-order valence-electron chi connectivity index (χ2n) is 5.18. The van der Waals surface area contributed by atoms with Crippen molar-refractivity contribution >= 4 is 5.91 Å². The summed E-state index contributed by atoms with van der Waals surface area (Å²) < 4.78 is 5.55. The zero-order valence-electron chi connectivity index (χ0n) is 10.6. The van der Waals surface area contributed by atoms with Crippen molar-refractivity contribution in [3.05, 3.63) is 0 Å². The lowest BCUT2D eigenvalue weighted by molar-refractivity contribution is -0.137. The SMILES string of the molecule is CC1CN(CC(=O)N(C)C2CC2)CC(CO)O1. The van der Waals surface area contributed by atoms with Gasteiger partial charge in [0.1, 0.15) is 0 Å². The minimum atomic E-state index is -0.155. The number of amides is 1. The van der Waals surface area contributed by atoms with Gasteiger partial charge in [0.2, 0.25) is 5.91 Å². The molecule has 98 valence electrons. The number of rotatable bonds is 4. The van der Waals surface area contributed by atoms with Gasteiger partial charge in [0, 0.05) is 26.2 Å². The monoisotopic (exact) mass is 242 g/mol. The summed E-state index contributed by atoms with van der Waals surface area (Å²) in [6, 6.07) is 0.467. The number of aliphatic hydroxyl groups is 1. The second-order valence-corrected chi connectivity index (χ2v) is 5.18. The van der Waals surface area contributed by atoms with Gasteiger partial charge < -0.3 is 14.7 Å². The fourth-order valence-electron chi connectivity index (χ4n) is 2.34. The van der Waals surface area contributed by atoms with Crippen molar-refractivity contribution in [1.29, 1.82) is 0 Å². The molecule has 2 aliphatic rings. The molecule has 0 radical (unpaired) electrons.